The summed E-state index contributed by atoms with van der Waals surface area (Å²) in [6, 6.07) is 25.8. The van der Waals surface area contributed by atoms with Gasteiger partial charge in [-0.05, 0) is 79.2 Å². The third-order valence-electron chi connectivity index (χ3n) is 5.60. The summed E-state index contributed by atoms with van der Waals surface area (Å²) >= 11 is 0. The zero-order chi connectivity index (χ0) is 19.3. The Balaban J connectivity index is 0.00000240. The fourth-order valence-electron chi connectivity index (χ4n) is 4.16. The first-order valence-electron chi connectivity index (χ1n) is 10.2. The highest BCUT2D eigenvalue weighted by atomic mass is 35.5. The summed E-state index contributed by atoms with van der Waals surface area (Å²) in [6.07, 6.45) is 3.63. The van der Waals surface area contributed by atoms with E-state index in [1.54, 1.807) is 0 Å². The summed E-state index contributed by atoms with van der Waals surface area (Å²) < 4.78 is 6.09. The van der Waals surface area contributed by atoms with Crippen molar-refractivity contribution in [2.45, 2.75) is 25.9 Å². The third-order valence-corrected chi connectivity index (χ3v) is 5.60. The van der Waals surface area contributed by atoms with Gasteiger partial charge < -0.3 is 9.64 Å². The summed E-state index contributed by atoms with van der Waals surface area (Å²) in [6.45, 7) is 1.79. The molecule has 0 heterocycles. The van der Waals surface area contributed by atoms with Gasteiger partial charge in [0.15, 0.2) is 0 Å². The summed E-state index contributed by atoms with van der Waals surface area (Å²) in [4.78, 5) is 2.30. The molecule has 3 heteroatoms. The number of ether oxygens (including phenoxy) is 1. The molecule has 1 aliphatic carbocycles. The van der Waals surface area contributed by atoms with Crippen molar-refractivity contribution in [2.24, 2.45) is 5.92 Å². The number of hydrogen-bond donors (Lipinski definition) is 0. The second-order valence-corrected chi connectivity index (χ2v) is 8.15. The Morgan fingerprint density at radius 1 is 0.862 bits per heavy atom. The number of halogens is 1. The van der Waals surface area contributed by atoms with Crippen LogP contribution in [0.25, 0.3) is 11.1 Å². The SMILES string of the molecule is CN(C)CC1CCc2cc(OCc3ccc(-c4ccccc4)cc3)ccc2C1.Cl. The van der Waals surface area contributed by atoms with Gasteiger partial charge in [0.1, 0.15) is 12.4 Å². The third kappa shape index (κ3) is 5.62. The standard InChI is InChI=1S/C26H29NO.ClH/c1-27(2)18-21-10-13-25-17-26(15-14-24(25)16-21)28-19-20-8-11-23(12-9-20)22-6-4-3-5-7-22;/h3-9,11-12,14-15,17,21H,10,13,16,18-19H2,1-2H3;1H. The summed E-state index contributed by atoms with van der Waals surface area (Å²) in [5.74, 6) is 1.76. The fourth-order valence-corrected chi connectivity index (χ4v) is 4.16. The Kier molecular flexibility index (Phi) is 7.35. The van der Waals surface area contributed by atoms with E-state index in [-0.39, 0.29) is 12.4 Å². The number of nitrogens with zero attached hydrogens (tertiary/aromatic N) is 1. The van der Waals surface area contributed by atoms with E-state index < -0.39 is 0 Å². The van der Waals surface area contributed by atoms with Crippen molar-refractivity contribution < 1.29 is 4.74 Å². The summed E-state index contributed by atoms with van der Waals surface area (Å²) in [5.41, 5.74) is 6.65. The molecule has 0 saturated heterocycles. The van der Waals surface area contributed by atoms with E-state index in [0.29, 0.717) is 6.61 Å². The summed E-state index contributed by atoms with van der Waals surface area (Å²) in [5, 5.41) is 0. The molecule has 0 radical (unpaired) electrons. The minimum atomic E-state index is 0. The maximum absolute atomic E-state index is 6.09. The van der Waals surface area contributed by atoms with Crippen molar-refractivity contribution in [3.8, 4) is 16.9 Å². The maximum Gasteiger partial charge on any atom is 0.120 e. The van der Waals surface area contributed by atoms with Crippen molar-refractivity contribution in [2.75, 3.05) is 20.6 Å². The van der Waals surface area contributed by atoms with Gasteiger partial charge in [0, 0.05) is 6.54 Å². The van der Waals surface area contributed by atoms with Crippen LogP contribution in [0.3, 0.4) is 0 Å². The van der Waals surface area contributed by atoms with Gasteiger partial charge in [-0.3, -0.25) is 0 Å². The van der Waals surface area contributed by atoms with Gasteiger partial charge in [0.2, 0.25) is 0 Å². The second kappa shape index (κ2) is 9.96. The van der Waals surface area contributed by atoms with E-state index >= 15 is 0 Å². The molecule has 152 valence electrons. The van der Waals surface area contributed by atoms with E-state index in [1.165, 1.54) is 47.2 Å². The predicted molar refractivity (Wildman–Crippen MR) is 124 cm³/mol. The smallest absolute Gasteiger partial charge is 0.120 e. The molecule has 4 rings (SSSR count). The minimum Gasteiger partial charge on any atom is -0.489 e. The largest absolute Gasteiger partial charge is 0.489 e. The van der Waals surface area contributed by atoms with Gasteiger partial charge in [-0.1, -0.05) is 60.7 Å². The van der Waals surface area contributed by atoms with Crippen LogP contribution in [-0.2, 0) is 19.4 Å². The molecule has 1 unspecified atom stereocenters. The fraction of sp³-hybridized carbons (Fsp3) is 0.308. The first-order valence-corrected chi connectivity index (χ1v) is 10.2. The van der Waals surface area contributed by atoms with Crippen LogP contribution in [0.1, 0.15) is 23.1 Å². The van der Waals surface area contributed by atoms with Crippen LogP contribution in [0.4, 0.5) is 0 Å². The van der Waals surface area contributed by atoms with E-state index in [0.717, 1.165) is 18.1 Å². The van der Waals surface area contributed by atoms with Crippen molar-refractivity contribution >= 4 is 12.4 Å². The van der Waals surface area contributed by atoms with Crippen molar-refractivity contribution in [1.29, 1.82) is 0 Å². The normalized spacial score (nSPS) is 15.5. The lowest BCUT2D eigenvalue weighted by atomic mass is 9.83. The zero-order valence-electron chi connectivity index (χ0n) is 17.3. The Morgan fingerprint density at radius 3 is 2.31 bits per heavy atom. The number of rotatable bonds is 6. The first kappa shape index (κ1) is 21.4. The minimum absolute atomic E-state index is 0. The van der Waals surface area contributed by atoms with Crippen LogP contribution < -0.4 is 4.74 Å². The molecule has 2 nitrogen and oxygen atoms in total. The zero-order valence-corrected chi connectivity index (χ0v) is 18.1. The average molecular weight is 408 g/mol. The highest BCUT2D eigenvalue weighted by Crippen LogP contribution is 2.29. The van der Waals surface area contributed by atoms with Crippen LogP contribution in [0, 0.1) is 5.92 Å². The van der Waals surface area contributed by atoms with Crippen LogP contribution in [0.2, 0.25) is 0 Å². The van der Waals surface area contributed by atoms with Gasteiger partial charge in [-0.2, -0.15) is 0 Å². The number of aryl methyl sites for hydroxylation is 1. The highest BCUT2D eigenvalue weighted by molar-refractivity contribution is 5.85. The van der Waals surface area contributed by atoms with Gasteiger partial charge in [0.05, 0.1) is 0 Å². The van der Waals surface area contributed by atoms with Gasteiger partial charge >= 0.3 is 0 Å². The van der Waals surface area contributed by atoms with Crippen molar-refractivity contribution in [3.63, 3.8) is 0 Å². The Morgan fingerprint density at radius 2 is 1.59 bits per heavy atom. The van der Waals surface area contributed by atoms with Crippen LogP contribution in [0.15, 0.2) is 72.8 Å². The van der Waals surface area contributed by atoms with Gasteiger partial charge in [-0.15, -0.1) is 12.4 Å². The van der Waals surface area contributed by atoms with E-state index in [2.05, 4.69) is 85.7 Å². The molecule has 1 aliphatic rings. The van der Waals surface area contributed by atoms with Crippen LogP contribution in [0.5, 0.6) is 5.75 Å². The molecular formula is C26H30ClNO. The number of fused-ring (bicyclic) bond motifs is 1. The van der Waals surface area contributed by atoms with E-state index in [9.17, 15) is 0 Å². The molecule has 0 fully saturated rings. The Bertz CT molecular complexity index is 906. The van der Waals surface area contributed by atoms with Crippen molar-refractivity contribution in [1.82, 2.24) is 4.90 Å². The molecule has 3 aromatic rings. The highest BCUT2D eigenvalue weighted by Gasteiger charge is 2.19. The molecule has 3 aromatic carbocycles. The molecule has 0 N–H and O–H groups in total. The molecule has 0 aliphatic heterocycles. The second-order valence-electron chi connectivity index (χ2n) is 8.15. The Hall–Kier alpha value is -2.29. The van der Waals surface area contributed by atoms with Crippen molar-refractivity contribution in [3.05, 3.63) is 89.5 Å². The quantitative estimate of drug-likeness (QED) is 0.495. The van der Waals surface area contributed by atoms with Crippen LogP contribution >= 0.6 is 12.4 Å². The number of hydrogen-bond acceptors (Lipinski definition) is 2. The average Bonchev–Trinajstić information content (AvgIpc) is 2.73. The molecular weight excluding hydrogens is 378 g/mol. The molecule has 0 aromatic heterocycles. The van der Waals surface area contributed by atoms with Crippen LogP contribution in [-0.4, -0.2) is 25.5 Å². The summed E-state index contributed by atoms with van der Waals surface area (Å²) in [7, 11) is 4.33. The van der Waals surface area contributed by atoms with Gasteiger partial charge in [-0.25, -0.2) is 0 Å². The molecule has 0 amide bonds. The topological polar surface area (TPSA) is 12.5 Å². The lowest BCUT2D eigenvalue weighted by Gasteiger charge is -2.27. The predicted octanol–water partition coefficient (Wildman–Crippen LogP) is 6.02. The number of benzene rings is 3. The van der Waals surface area contributed by atoms with Gasteiger partial charge in [0.25, 0.3) is 0 Å². The maximum atomic E-state index is 6.09. The monoisotopic (exact) mass is 407 g/mol. The molecule has 0 saturated carbocycles. The lowest BCUT2D eigenvalue weighted by molar-refractivity contribution is 0.297. The lowest BCUT2D eigenvalue weighted by Crippen LogP contribution is -2.26. The van der Waals surface area contributed by atoms with E-state index in [4.69, 9.17) is 4.74 Å². The Labute approximate surface area is 180 Å². The molecule has 0 spiro atoms. The first-order chi connectivity index (χ1) is 13.7. The molecule has 1 atom stereocenters. The molecule has 0 bridgehead atoms. The van der Waals surface area contributed by atoms with E-state index in [1.807, 2.05) is 6.07 Å². The molecule has 29 heavy (non-hydrogen) atoms.